The molecule has 3 rings (SSSR count). The summed E-state index contributed by atoms with van der Waals surface area (Å²) >= 11 is 0. The molecule has 2 aromatic carbocycles. The number of aryl methyl sites for hydroxylation is 1. The molecule has 0 aliphatic rings. The molecule has 0 radical (unpaired) electrons. The zero-order chi connectivity index (χ0) is 19.8. The molecule has 0 N–H and O–H groups in total. The molecule has 0 aliphatic carbocycles. The van der Waals surface area contributed by atoms with E-state index in [0.29, 0.717) is 22.9 Å². The first-order valence-corrected chi connectivity index (χ1v) is 9.61. The van der Waals surface area contributed by atoms with Gasteiger partial charge < -0.3 is 18.8 Å². The Kier molecular flexibility index (Phi) is 4.93. The van der Waals surface area contributed by atoms with E-state index >= 15 is 0 Å². The van der Waals surface area contributed by atoms with Gasteiger partial charge in [-0.2, -0.15) is 0 Å². The van der Waals surface area contributed by atoms with Crippen LogP contribution in [-0.4, -0.2) is 41.4 Å². The van der Waals surface area contributed by atoms with Gasteiger partial charge in [0.05, 0.1) is 31.9 Å². The number of benzene rings is 2. The normalized spacial score (nSPS) is 11.4. The Morgan fingerprint density at radius 2 is 1.56 bits per heavy atom. The summed E-state index contributed by atoms with van der Waals surface area (Å²) < 4.78 is 45.4. The Balaban J connectivity index is 2.08. The molecule has 0 fully saturated rings. The van der Waals surface area contributed by atoms with Crippen LogP contribution in [0.4, 0.5) is 5.69 Å². The van der Waals surface area contributed by atoms with E-state index in [1.165, 1.54) is 32.7 Å². The van der Waals surface area contributed by atoms with Crippen LogP contribution in [-0.2, 0) is 17.1 Å². The van der Waals surface area contributed by atoms with Gasteiger partial charge in [0, 0.05) is 43.3 Å². The molecule has 0 saturated heterocycles. The summed E-state index contributed by atoms with van der Waals surface area (Å²) in [5, 5.41) is 0.858. The van der Waals surface area contributed by atoms with Crippen LogP contribution >= 0.6 is 0 Å². The van der Waals surface area contributed by atoms with Crippen LogP contribution in [0.5, 0.6) is 17.2 Å². The highest BCUT2D eigenvalue weighted by molar-refractivity contribution is 7.92. The van der Waals surface area contributed by atoms with Crippen molar-refractivity contribution in [3.05, 3.63) is 42.6 Å². The fraction of sp³-hybridized carbons (Fsp3) is 0.263. The van der Waals surface area contributed by atoms with Gasteiger partial charge in [-0.05, 0) is 24.3 Å². The maximum absolute atomic E-state index is 13.1. The summed E-state index contributed by atoms with van der Waals surface area (Å²) in [5.74, 6) is 1.17. The van der Waals surface area contributed by atoms with Crippen molar-refractivity contribution in [2.45, 2.75) is 4.90 Å². The second kappa shape index (κ2) is 7.03. The number of ether oxygens (including phenoxy) is 3. The lowest BCUT2D eigenvalue weighted by Crippen LogP contribution is -2.26. The number of aromatic nitrogens is 1. The zero-order valence-corrected chi connectivity index (χ0v) is 16.7. The number of hydrogen-bond donors (Lipinski definition) is 0. The fourth-order valence-corrected chi connectivity index (χ4v) is 4.18. The molecule has 0 aliphatic heterocycles. The molecule has 0 bridgehead atoms. The summed E-state index contributed by atoms with van der Waals surface area (Å²) in [4.78, 5) is 0.206. The van der Waals surface area contributed by atoms with E-state index in [0.717, 1.165) is 10.9 Å². The fourth-order valence-electron chi connectivity index (χ4n) is 2.97. The topological polar surface area (TPSA) is 70.0 Å². The van der Waals surface area contributed by atoms with Crippen molar-refractivity contribution in [1.82, 2.24) is 4.57 Å². The minimum atomic E-state index is -3.77. The molecular weight excluding hydrogens is 368 g/mol. The van der Waals surface area contributed by atoms with Crippen molar-refractivity contribution in [3.8, 4) is 17.2 Å². The van der Waals surface area contributed by atoms with Crippen LogP contribution in [0.15, 0.2) is 47.5 Å². The molecule has 7 nitrogen and oxygen atoms in total. The van der Waals surface area contributed by atoms with Gasteiger partial charge in [-0.3, -0.25) is 4.31 Å². The minimum Gasteiger partial charge on any atom is -0.493 e. The molecule has 0 atom stereocenters. The highest BCUT2D eigenvalue weighted by Crippen LogP contribution is 2.41. The van der Waals surface area contributed by atoms with Crippen molar-refractivity contribution < 1.29 is 22.6 Å². The average Bonchev–Trinajstić information content (AvgIpc) is 3.06. The highest BCUT2D eigenvalue weighted by Gasteiger charge is 2.24. The first-order valence-electron chi connectivity index (χ1n) is 8.17. The third-order valence-corrected chi connectivity index (χ3v) is 6.31. The van der Waals surface area contributed by atoms with Crippen LogP contribution < -0.4 is 18.5 Å². The van der Waals surface area contributed by atoms with Crippen molar-refractivity contribution in [3.63, 3.8) is 0 Å². The largest absolute Gasteiger partial charge is 0.493 e. The quantitative estimate of drug-likeness (QED) is 0.647. The lowest BCUT2D eigenvalue weighted by Gasteiger charge is -2.22. The summed E-state index contributed by atoms with van der Waals surface area (Å²) in [6.45, 7) is 0. The van der Waals surface area contributed by atoms with E-state index in [9.17, 15) is 8.42 Å². The number of rotatable bonds is 6. The van der Waals surface area contributed by atoms with Gasteiger partial charge in [0.2, 0.25) is 5.75 Å². The van der Waals surface area contributed by atoms with Crippen molar-refractivity contribution in [2.24, 2.45) is 7.05 Å². The predicted molar refractivity (Wildman–Crippen MR) is 105 cm³/mol. The third-order valence-electron chi connectivity index (χ3n) is 4.53. The van der Waals surface area contributed by atoms with Gasteiger partial charge in [0.1, 0.15) is 0 Å². The molecular formula is C19H22N2O5S. The molecule has 27 heavy (non-hydrogen) atoms. The van der Waals surface area contributed by atoms with Crippen LogP contribution in [0, 0.1) is 0 Å². The molecule has 8 heteroatoms. The summed E-state index contributed by atoms with van der Waals surface area (Å²) in [5.41, 5.74) is 1.36. The number of hydrogen-bond acceptors (Lipinski definition) is 5. The second-order valence-corrected chi connectivity index (χ2v) is 7.97. The molecule has 0 saturated carbocycles. The Hall–Kier alpha value is -2.87. The van der Waals surface area contributed by atoms with Gasteiger partial charge in [0.15, 0.2) is 11.5 Å². The first-order chi connectivity index (χ1) is 12.8. The molecule has 0 unspecified atom stereocenters. The van der Waals surface area contributed by atoms with E-state index in [1.807, 2.05) is 23.9 Å². The van der Waals surface area contributed by atoms with E-state index in [-0.39, 0.29) is 4.90 Å². The Labute approximate surface area is 158 Å². The Morgan fingerprint density at radius 1 is 0.926 bits per heavy atom. The van der Waals surface area contributed by atoms with E-state index in [4.69, 9.17) is 14.2 Å². The molecule has 1 heterocycles. The van der Waals surface area contributed by atoms with Gasteiger partial charge >= 0.3 is 0 Å². The Bertz CT molecular complexity index is 1060. The summed E-state index contributed by atoms with van der Waals surface area (Å²) in [7, 11) is 4.10. The van der Waals surface area contributed by atoms with E-state index < -0.39 is 10.0 Å². The second-order valence-electron chi connectivity index (χ2n) is 6.00. The molecule has 0 amide bonds. The maximum Gasteiger partial charge on any atom is 0.264 e. The van der Waals surface area contributed by atoms with Gasteiger partial charge in [-0.25, -0.2) is 8.42 Å². The van der Waals surface area contributed by atoms with Crippen molar-refractivity contribution >= 4 is 26.6 Å². The number of anilines is 1. The van der Waals surface area contributed by atoms with Crippen LogP contribution in [0.2, 0.25) is 0 Å². The molecule has 1 aromatic heterocycles. The van der Waals surface area contributed by atoms with Gasteiger partial charge in [-0.1, -0.05) is 0 Å². The lowest BCUT2D eigenvalue weighted by atomic mass is 10.2. The van der Waals surface area contributed by atoms with Gasteiger partial charge in [-0.15, -0.1) is 0 Å². The number of methoxy groups -OCH3 is 3. The smallest absolute Gasteiger partial charge is 0.264 e. The van der Waals surface area contributed by atoms with Crippen LogP contribution in [0.25, 0.3) is 10.9 Å². The molecule has 3 aromatic rings. The van der Waals surface area contributed by atoms with Crippen LogP contribution in [0.3, 0.4) is 0 Å². The lowest BCUT2D eigenvalue weighted by molar-refractivity contribution is 0.324. The number of fused-ring (bicyclic) bond motifs is 1. The number of sulfonamides is 1. The first kappa shape index (κ1) is 18.9. The van der Waals surface area contributed by atoms with E-state index in [1.54, 1.807) is 30.3 Å². The predicted octanol–water partition coefficient (Wildman–Crippen LogP) is 3.03. The minimum absolute atomic E-state index is 0.206. The highest BCUT2D eigenvalue weighted by atomic mass is 32.2. The zero-order valence-electron chi connectivity index (χ0n) is 15.9. The standard InChI is InChI=1S/C19H22N2O5S/c1-20-9-8-13-10-15(6-7-16(13)20)27(22,23)21(2)14-11-17(24-3)19(26-5)18(12-14)25-4/h6-12H,1-5H3. The number of nitrogens with zero attached hydrogens (tertiary/aromatic N) is 2. The summed E-state index contributed by atoms with van der Waals surface area (Å²) in [6.07, 6.45) is 1.89. The molecule has 144 valence electrons. The van der Waals surface area contributed by atoms with Crippen molar-refractivity contribution in [2.75, 3.05) is 32.7 Å². The van der Waals surface area contributed by atoms with Crippen molar-refractivity contribution in [1.29, 1.82) is 0 Å². The van der Waals surface area contributed by atoms with Crippen LogP contribution in [0.1, 0.15) is 0 Å². The molecule has 0 spiro atoms. The monoisotopic (exact) mass is 390 g/mol. The third kappa shape index (κ3) is 3.16. The average molecular weight is 390 g/mol. The van der Waals surface area contributed by atoms with Gasteiger partial charge in [0.25, 0.3) is 10.0 Å². The SMILES string of the molecule is COc1cc(N(C)S(=O)(=O)c2ccc3c(ccn3C)c2)cc(OC)c1OC. The maximum atomic E-state index is 13.1. The Morgan fingerprint density at radius 3 is 2.11 bits per heavy atom. The van der Waals surface area contributed by atoms with E-state index in [2.05, 4.69) is 0 Å². The summed E-state index contributed by atoms with van der Waals surface area (Å²) in [6, 6.07) is 10.1.